The van der Waals surface area contributed by atoms with Gasteiger partial charge in [-0.05, 0) is 43.8 Å². The van der Waals surface area contributed by atoms with Gasteiger partial charge in [0.25, 0.3) is 0 Å². The molecule has 0 fully saturated rings. The number of ketones is 1. The monoisotopic (exact) mass is 345 g/mol. The van der Waals surface area contributed by atoms with Crippen molar-refractivity contribution in [2.45, 2.75) is 32.2 Å². The Hall–Kier alpha value is -2.54. The van der Waals surface area contributed by atoms with Crippen molar-refractivity contribution < 1.29 is 14.4 Å². The molecule has 1 atom stereocenters. The molecule has 1 aliphatic rings. The summed E-state index contributed by atoms with van der Waals surface area (Å²) < 4.78 is 0. The van der Waals surface area contributed by atoms with Gasteiger partial charge in [-0.25, -0.2) is 0 Å². The molecule has 0 spiro atoms. The summed E-state index contributed by atoms with van der Waals surface area (Å²) in [5, 5.41) is 7.10. The average Bonchev–Trinajstić information content (AvgIpc) is 3.12. The van der Waals surface area contributed by atoms with Gasteiger partial charge in [-0.3, -0.25) is 19.4 Å². The quantitative estimate of drug-likeness (QED) is 0.508. The van der Waals surface area contributed by atoms with Crippen LogP contribution in [0.1, 0.15) is 41.9 Å². The lowest BCUT2D eigenvalue weighted by Gasteiger charge is -2.15. The molecule has 0 bridgehead atoms. The van der Waals surface area contributed by atoms with Crippen molar-refractivity contribution >= 4 is 35.1 Å². The standard InChI is InChI=1S/C12H8N2O2S.C5H11NO/c15-11(9-2-1-5-17-9)10-7-3-4-13-6-8(7)14-12(10)16;1-5(2,3)6-4-7/h1-6,10H,(H,14,16);4H,1-3H3,(H,6,7). The molecular weight excluding hydrogens is 326 g/mol. The van der Waals surface area contributed by atoms with Crippen LogP contribution in [0.2, 0.25) is 0 Å². The maximum atomic E-state index is 12.2. The summed E-state index contributed by atoms with van der Waals surface area (Å²) in [6, 6.07) is 5.25. The van der Waals surface area contributed by atoms with E-state index in [1.54, 1.807) is 30.6 Å². The van der Waals surface area contributed by atoms with Gasteiger partial charge in [0, 0.05) is 11.7 Å². The average molecular weight is 345 g/mol. The molecule has 2 amide bonds. The van der Waals surface area contributed by atoms with Crippen molar-refractivity contribution in [1.29, 1.82) is 0 Å². The van der Waals surface area contributed by atoms with E-state index in [9.17, 15) is 14.4 Å². The summed E-state index contributed by atoms with van der Waals surface area (Å²) in [7, 11) is 0. The fraction of sp³-hybridized carbons (Fsp3) is 0.294. The van der Waals surface area contributed by atoms with Crippen LogP contribution >= 0.6 is 11.3 Å². The third kappa shape index (κ3) is 4.26. The molecule has 0 radical (unpaired) electrons. The number of anilines is 1. The summed E-state index contributed by atoms with van der Waals surface area (Å²) in [6.45, 7) is 5.80. The van der Waals surface area contributed by atoms with Gasteiger partial charge in [-0.1, -0.05) is 6.07 Å². The van der Waals surface area contributed by atoms with Crippen molar-refractivity contribution in [2.75, 3.05) is 5.32 Å². The van der Waals surface area contributed by atoms with Gasteiger partial charge in [0.1, 0.15) is 5.92 Å². The molecule has 7 heteroatoms. The number of fused-ring (bicyclic) bond motifs is 1. The van der Waals surface area contributed by atoms with Gasteiger partial charge in [0.15, 0.2) is 5.78 Å². The van der Waals surface area contributed by atoms with E-state index in [1.807, 2.05) is 26.2 Å². The number of nitrogens with zero attached hydrogens (tertiary/aromatic N) is 1. The van der Waals surface area contributed by atoms with E-state index >= 15 is 0 Å². The van der Waals surface area contributed by atoms with Crippen molar-refractivity contribution in [2.24, 2.45) is 0 Å². The summed E-state index contributed by atoms with van der Waals surface area (Å²) in [4.78, 5) is 38.3. The van der Waals surface area contributed by atoms with Gasteiger partial charge < -0.3 is 10.6 Å². The number of aromatic nitrogens is 1. The Morgan fingerprint density at radius 3 is 2.67 bits per heavy atom. The molecule has 1 aliphatic heterocycles. The lowest BCUT2D eigenvalue weighted by atomic mass is 9.96. The number of hydrogen-bond acceptors (Lipinski definition) is 5. The molecule has 126 valence electrons. The maximum Gasteiger partial charge on any atom is 0.239 e. The van der Waals surface area contributed by atoms with Crippen LogP contribution in [0.15, 0.2) is 36.0 Å². The fourth-order valence-electron chi connectivity index (χ4n) is 2.11. The molecule has 0 aliphatic carbocycles. The van der Waals surface area contributed by atoms with Gasteiger partial charge in [-0.15, -0.1) is 11.3 Å². The van der Waals surface area contributed by atoms with E-state index in [0.717, 1.165) is 0 Å². The minimum Gasteiger partial charge on any atom is -0.354 e. The summed E-state index contributed by atoms with van der Waals surface area (Å²) in [5.41, 5.74) is 1.28. The molecular formula is C17H19N3O3S. The largest absolute Gasteiger partial charge is 0.354 e. The van der Waals surface area contributed by atoms with Crippen LogP contribution in [-0.2, 0) is 9.59 Å². The highest BCUT2D eigenvalue weighted by Gasteiger charge is 2.37. The first-order valence-corrected chi connectivity index (χ1v) is 8.25. The van der Waals surface area contributed by atoms with E-state index in [2.05, 4.69) is 15.6 Å². The Morgan fingerprint density at radius 1 is 1.38 bits per heavy atom. The van der Waals surface area contributed by atoms with Crippen molar-refractivity contribution in [3.8, 4) is 0 Å². The number of Topliss-reactive ketones (excluding diaryl/α,β-unsaturated/α-hetero) is 1. The van der Waals surface area contributed by atoms with Gasteiger partial charge in [0.2, 0.25) is 12.3 Å². The molecule has 24 heavy (non-hydrogen) atoms. The molecule has 3 rings (SSSR count). The number of rotatable bonds is 3. The molecule has 2 aromatic heterocycles. The number of carbonyl (C=O) groups is 3. The van der Waals surface area contributed by atoms with Crippen molar-refractivity contribution in [3.63, 3.8) is 0 Å². The predicted octanol–water partition coefficient (Wildman–Crippen LogP) is 2.59. The van der Waals surface area contributed by atoms with Gasteiger partial charge >= 0.3 is 0 Å². The number of pyridine rings is 1. The molecule has 2 aromatic rings. The topological polar surface area (TPSA) is 88.2 Å². The lowest BCUT2D eigenvalue weighted by molar-refractivity contribution is -0.116. The Kier molecular flexibility index (Phi) is 5.46. The first-order valence-electron chi connectivity index (χ1n) is 7.37. The van der Waals surface area contributed by atoms with E-state index < -0.39 is 5.92 Å². The lowest BCUT2D eigenvalue weighted by Crippen LogP contribution is -2.34. The van der Waals surface area contributed by atoms with Crippen LogP contribution in [0.3, 0.4) is 0 Å². The third-order valence-electron chi connectivity index (χ3n) is 3.20. The van der Waals surface area contributed by atoms with Crippen LogP contribution in [0.4, 0.5) is 5.69 Å². The Bertz CT molecular complexity index is 736. The Morgan fingerprint density at radius 2 is 2.12 bits per heavy atom. The highest BCUT2D eigenvalue weighted by atomic mass is 32.1. The number of hydrogen-bond donors (Lipinski definition) is 2. The van der Waals surface area contributed by atoms with E-state index in [-0.39, 0.29) is 17.2 Å². The predicted molar refractivity (Wildman–Crippen MR) is 93.2 cm³/mol. The van der Waals surface area contributed by atoms with Crippen LogP contribution in [0.25, 0.3) is 0 Å². The SMILES string of the molecule is CC(C)(C)NC=O.O=C1Nc2cnccc2C1C(=O)c1cccs1. The molecule has 0 aromatic carbocycles. The van der Waals surface area contributed by atoms with E-state index in [0.29, 0.717) is 22.5 Å². The normalized spacial score (nSPS) is 15.6. The highest BCUT2D eigenvalue weighted by molar-refractivity contribution is 7.12. The fourth-order valence-corrected chi connectivity index (χ4v) is 2.80. The van der Waals surface area contributed by atoms with Crippen LogP contribution < -0.4 is 10.6 Å². The zero-order valence-corrected chi connectivity index (χ0v) is 14.5. The Labute approximate surface area is 144 Å². The molecule has 0 saturated carbocycles. The summed E-state index contributed by atoms with van der Waals surface area (Å²) in [6.07, 6.45) is 3.86. The van der Waals surface area contributed by atoms with E-state index in [1.165, 1.54) is 11.3 Å². The first-order chi connectivity index (χ1) is 11.3. The summed E-state index contributed by atoms with van der Waals surface area (Å²) in [5.74, 6) is -1.15. The zero-order chi connectivity index (χ0) is 17.7. The van der Waals surface area contributed by atoms with Gasteiger partial charge in [-0.2, -0.15) is 0 Å². The molecule has 6 nitrogen and oxygen atoms in total. The second-order valence-corrected chi connectivity index (χ2v) is 7.19. The smallest absolute Gasteiger partial charge is 0.239 e. The molecule has 3 heterocycles. The molecule has 0 saturated heterocycles. The molecule has 2 N–H and O–H groups in total. The number of carbonyl (C=O) groups excluding carboxylic acids is 3. The van der Waals surface area contributed by atoms with Crippen molar-refractivity contribution in [1.82, 2.24) is 10.3 Å². The molecule has 1 unspecified atom stereocenters. The second kappa shape index (κ2) is 7.35. The van der Waals surface area contributed by atoms with Crippen LogP contribution in [-0.4, -0.2) is 28.6 Å². The summed E-state index contributed by atoms with van der Waals surface area (Å²) >= 11 is 1.35. The van der Waals surface area contributed by atoms with E-state index in [4.69, 9.17) is 0 Å². The zero-order valence-electron chi connectivity index (χ0n) is 13.7. The number of nitrogens with one attached hydrogen (secondary N) is 2. The first kappa shape index (κ1) is 17.8. The van der Waals surface area contributed by atoms with Crippen LogP contribution in [0.5, 0.6) is 0 Å². The minimum atomic E-state index is -0.730. The second-order valence-electron chi connectivity index (χ2n) is 6.24. The number of thiophene rings is 1. The Balaban J connectivity index is 0.000000256. The third-order valence-corrected chi connectivity index (χ3v) is 4.09. The van der Waals surface area contributed by atoms with Crippen LogP contribution in [0, 0.1) is 0 Å². The number of amides is 2. The maximum absolute atomic E-state index is 12.2. The van der Waals surface area contributed by atoms with Gasteiger partial charge in [0.05, 0.1) is 16.8 Å². The minimum absolute atomic E-state index is 0.0677. The highest BCUT2D eigenvalue weighted by Crippen LogP contribution is 2.34. The van der Waals surface area contributed by atoms with Crippen molar-refractivity contribution in [3.05, 3.63) is 46.4 Å².